The topological polar surface area (TPSA) is 73.2 Å². The van der Waals surface area contributed by atoms with E-state index >= 15 is 0 Å². The van der Waals surface area contributed by atoms with Crippen molar-refractivity contribution in [1.29, 1.82) is 5.26 Å². The summed E-state index contributed by atoms with van der Waals surface area (Å²) in [5.41, 5.74) is -0.566. The Bertz CT molecular complexity index is 388. The first-order valence-corrected chi connectivity index (χ1v) is 3.68. The molecule has 1 aliphatic heterocycles. The highest BCUT2D eigenvalue weighted by Crippen LogP contribution is 2.30. The summed E-state index contributed by atoms with van der Waals surface area (Å²) in [6.45, 7) is 0. The second-order valence-corrected chi connectivity index (χ2v) is 2.53. The van der Waals surface area contributed by atoms with Crippen molar-refractivity contribution in [2.24, 2.45) is 20.7 Å². The maximum atomic E-state index is 8.91. The molecule has 0 fully saturated rings. The summed E-state index contributed by atoms with van der Waals surface area (Å²) in [6.07, 6.45) is 0. The Morgan fingerprint density at radius 3 is 2.23 bits per heavy atom. The fraction of sp³-hybridized carbons (Fsp3) is 0.125. The van der Waals surface area contributed by atoms with Crippen LogP contribution in [0.15, 0.2) is 51.0 Å². The first kappa shape index (κ1) is 7.55. The summed E-state index contributed by atoms with van der Waals surface area (Å²) in [5.74, 6) is 0. The third kappa shape index (κ3) is 1.08. The van der Waals surface area contributed by atoms with E-state index in [1.54, 1.807) is 12.1 Å². The molecule has 1 aliphatic rings. The van der Waals surface area contributed by atoms with Crippen LogP contribution in [-0.4, -0.2) is 0 Å². The molecule has 0 saturated heterocycles. The Morgan fingerprint density at radius 1 is 1.08 bits per heavy atom. The van der Waals surface area contributed by atoms with E-state index in [1.807, 2.05) is 24.3 Å². The summed E-state index contributed by atoms with van der Waals surface area (Å²) < 4.78 is 0. The fourth-order valence-corrected chi connectivity index (χ4v) is 1.08. The lowest BCUT2D eigenvalue weighted by Crippen LogP contribution is -2.14. The van der Waals surface area contributed by atoms with Gasteiger partial charge in [-0.2, -0.15) is 5.26 Å². The van der Waals surface area contributed by atoms with Crippen molar-refractivity contribution in [2.45, 2.75) is 5.66 Å². The fourth-order valence-electron chi connectivity index (χ4n) is 1.08. The van der Waals surface area contributed by atoms with Crippen LogP contribution in [0.3, 0.4) is 0 Å². The maximum absolute atomic E-state index is 8.91. The number of benzene rings is 1. The molecule has 62 valence electrons. The quantitative estimate of drug-likeness (QED) is 0.638. The van der Waals surface area contributed by atoms with Crippen LogP contribution < -0.4 is 0 Å². The molecule has 2 rings (SSSR count). The van der Waals surface area contributed by atoms with E-state index in [0.29, 0.717) is 5.56 Å². The van der Waals surface area contributed by atoms with Gasteiger partial charge in [0.2, 0.25) is 0 Å². The Hall–Kier alpha value is -2.09. The molecule has 13 heavy (non-hydrogen) atoms. The zero-order valence-electron chi connectivity index (χ0n) is 6.62. The summed E-state index contributed by atoms with van der Waals surface area (Å²) >= 11 is 0. The molecule has 5 heteroatoms. The molecule has 0 bridgehead atoms. The van der Waals surface area contributed by atoms with Crippen LogP contribution in [-0.2, 0) is 5.66 Å². The van der Waals surface area contributed by atoms with Crippen molar-refractivity contribution in [3.8, 4) is 6.07 Å². The van der Waals surface area contributed by atoms with E-state index in [9.17, 15) is 0 Å². The Labute approximate surface area is 74.4 Å². The number of hydrogen-bond donors (Lipinski definition) is 0. The number of nitriles is 1. The molecule has 0 unspecified atom stereocenters. The molecule has 1 heterocycles. The Morgan fingerprint density at radius 2 is 1.69 bits per heavy atom. The largest absolute Gasteiger partial charge is 0.304 e. The van der Waals surface area contributed by atoms with Gasteiger partial charge in [-0.3, -0.25) is 0 Å². The van der Waals surface area contributed by atoms with Gasteiger partial charge in [0, 0.05) is 5.56 Å². The highest BCUT2D eigenvalue weighted by molar-refractivity contribution is 5.30. The maximum Gasteiger partial charge on any atom is 0.304 e. The second kappa shape index (κ2) is 2.75. The van der Waals surface area contributed by atoms with Crippen LogP contribution in [0.2, 0.25) is 0 Å². The standard InChI is InChI=1S/C8H5N5/c9-6-8(10-12-13-11-8)7-4-2-1-3-5-7/h1-5H. The monoisotopic (exact) mass is 171 g/mol. The van der Waals surface area contributed by atoms with Crippen molar-refractivity contribution in [3.05, 3.63) is 35.9 Å². The number of rotatable bonds is 1. The van der Waals surface area contributed by atoms with Crippen LogP contribution in [0, 0.1) is 11.3 Å². The van der Waals surface area contributed by atoms with Crippen molar-refractivity contribution in [2.75, 3.05) is 0 Å². The zero-order chi connectivity index (χ0) is 9.15. The molecule has 1 aromatic rings. The first-order chi connectivity index (χ1) is 6.37. The van der Waals surface area contributed by atoms with Crippen LogP contribution in [0.4, 0.5) is 0 Å². The molecule has 1 aromatic carbocycles. The van der Waals surface area contributed by atoms with Crippen molar-refractivity contribution in [3.63, 3.8) is 0 Å². The van der Waals surface area contributed by atoms with Gasteiger partial charge in [-0.25, -0.2) is 0 Å². The third-order valence-electron chi connectivity index (χ3n) is 1.75. The summed E-state index contributed by atoms with van der Waals surface area (Å²) in [5, 5.41) is 23.0. The SMILES string of the molecule is N#CC1(c2ccccc2)N=NN=N1. The lowest BCUT2D eigenvalue weighted by atomic mass is 10.0. The average Bonchev–Trinajstić information content (AvgIpc) is 2.69. The molecule has 0 N–H and O–H groups in total. The van der Waals surface area contributed by atoms with Gasteiger partial charge in [0.05, 0.1) is 0 Å². The Balaban J connectivity index is 2.52. The molecule has 0 aromatic heterocycles. The molecule has 0 amide bonds. The minimum Gasteiger partial charge on any atom is -0.193 e. The molecule has 5 nitrogen and oxygen atoms in total. The van der Waals surface area contributed by atoms with E-state index in [4.69, 9.17) is 5.26 Å². The highest BCUT2D eigenvalue weighted by atomic mass is 15.6. The molecule has 0 aliphatic carbocycles. The molecular formula is C8H5N5. The molecular weight excluding hydrogens is 166 g/mol. The van der Waals surface area contributed by atoms with Gasteiger partial charge >= 0.3 is 5.66 Å². The van der Waals surface area contributed by atoms with Gasteiger partial charge in [0.15, 0.2) is 0 Å². The molecule has 0 saturated carbocycles. The van der Waals surface area contributed by atoms with Crippen LogP contribution >= 0.6 is 0 Å². The Kier molecular flexibility index (Phi) is 1.60. The van der Waals surface area contributed by atoms with Crippen molar-refractivity contribution in [1.82, 2.24) is 0 Å². The normalized spacial score (nSPS) is 17.2. The van der Waals surface area contributed by atoms with Gasteiger partial charge in [0.25, 0.3) is 0 Å². The molecule has 0 spiro atoms. The second-order valence-electron chi connectivity index (χ2n) is 2.53. The lowest BCUT2D eigenvalue weighted by Gasteiger charge is -2.09. The molecule has 0 atom stereocenters. The highest BCUT2D eigenvalue weighted by Gasteiger charge is 2.35. The summed E-state index contributed by atoms with van der Waals surface area (Å²) in [4.78, 5) is 0. The summed E-state index contributed by atoms with van der Waals surface area (Å²) in [7, 11) is 0. The van der Waals surface area contributed by atoms with E-state index in [0.717, 1.165) is 0 Å². The van der Waals surface area contributed by atoms with Crippen LogP contribution in [0.5, 0.6) is 0 Å². The minimum absolute atomic E-state index is 0.683. The van der Waals surface area contributed by atoms with E-state index in [2.05, 4.69) is 20.7 Å². The number of hydrogen-bond acceptors (Lipinski definition) is 5. The smallest absolute Gasteiger partial charge is 0.193 e. The van der Waals surface area contributed by atoms with E-state index in [-0.39, 0.29) is 0 Å². The van der Waals surface area contributed by atoms with Crippen LogP contribution in [0.1, 0.15) is 5.56 Å². The van der Waals surface area contributed by atoms with Crippen LogP contribution in [0.25, 0.3) is 0 Å². The van der Waals surface area contributed by atoms with Crippen molar-refractivity contribution >= 4 is 0 Å². The lowest BCUT2D eigenvalue weighted by molar-refractivity contribution is 0.605. The number of nitrogens with zero attached hydrogens (tertiary/aromatic N) is 5. The minimum atomic E-state index is -1.25. The van der Waals surface area contributed by atoms with Gasteiger partial charge in [-0.1, -0.05) is 30.3 Å². The van der Waals surface area contributed by atoms with Gasteiger partial charge in [-0.15, -0.1) is 10.2 Å². The van der Waals surface area contributed by atoms with E-state index in [1.165, 1.54) is 0 Å². The van der Waals surface area contributed by atoms with Gasteiger partial charge in [0.1, 0.15) is 6.07 Å². The van der Waals surface area contributed by atoms with Gasteiger partial charge in [-0.05, 0) is 10.4 Å². The van der Waals surface area contributed by atoms with Gasteiger partial charge < -0.3 is 0 Å². The predicted octanol–water partition coefficient (Wildman–Crippen LogP) is 2.20. The average molecular weight is 171 g/mol. The molecule has 0 radical (unpaired) electrons. The first-order valence-electron chi connectivity index (χ1n) is 3.68. The third-order valence-corrected chi connectivity index (χ3v) is 1.75. The van der Waals surface area contributed by atoms with Crippen molar-refractivity contribution < 1.29 is 0 Å². The summed E-state index contributed by atoms with van der Waals surface area (Å²) in [6, 6.07) is 11.0. The predicted molar refractivity (Wildman–Crippen MR) is 43.4 cm³/mol. The zero-order valence-corrected chi connectivity index (χ0v) is 6.62. The van der Waals surface area contributed by atoms with E-state index < -0.39 is 5.66 Å².